The van der Waals surface area contributed by atoms with Gasteiger partial charge >= 0.3 is 5.97 Å². The average Bonchev–Trinajstić information content (AvgIpc) is 2.81. The van der Waals surface area contributed by atoms with Crippen LogP contribution in [0.5, 0.6) is 11.5 Å². The fourth-order valence-electron chi connectivity index (χ4n) is 4.25. The first-order chi connectivity index (χ1) is 17.0. The summed E-state index contributed by atoms with van der Waals surface area (Å²) in [4.78, 5) is 23.1. The zero-order chi connectivity index (χ0) is 26.9. The zero-order valence-electron chi connectivity index (χ0n) is 22.3. The molecule has 0 bridgehead atoms. The second-order valence-corrected chi connectivity index (χ2v) is 9.62. The largest absolute Gasteiger partial charge is 0.493 e. The number of hydrogen-bond acceptors (Lipinski definition) is 6. The van der Waals surface area contributed by atoms with Crippen molar-refractivity contribution in [2.75, 3.05) is 14.2 Å². The first-order valence-electron chi connectivity index (χ1n) is 12.0. The number of methoxy groups -OCH3 is 2. The molecule has 2 rings (SSSR count). The Labute approximate surface area is 214 Å². The van der Waals surface area contributed by atoms with Crippen LogP contribution < -0.4 is 9.47 Å². The smallest absolute Gasteiger partial charge is 0.331 e. The number of ether oxygens (including phenoxy) is 3. The van der Waals surface area contributed by atoms with Crippen LogP contribution in [0, 0.1) is 15.5 Å². The molecule has 0 atom stereocenters. The number of carbonyl (C=O) groups excluding carboxylic acids is 1. The molecule has 0 saturated heterocycles. The summed E-state index contributed by atoms with van der Waals surface area (Å²) in [5.41, 5.74) is 4.87. The predicted molar refractivity (Wildman–Crippen MR) is 142 cm³/mol. The van der Waals surface area contributed by atoms with Crippen molar-refractivity contribution in [3.8, 4) is 11.5 Å². The average molecular weight is 496 g/mol. The van der Waals surface area contributed by atoms with Gasteiger partial charge in [-0.15, -0.1) is 0 Å². The minimum absolute atomic E-state index is 0.200. The van der Waals surface area contributed by atoms with Crippen LogP contribution in [0.3, 0.4) is 0 Å². The maximum absolute atomic E-state index is 12.3. The van der Waals surface area contributed by atoms with Crippen molar-refractivity contribution in [2.24, 2.45) is 5.41 Å². The van der Waals surface area contributed by atoms with Crippen LogP contribution >= 0.6 is 0 Å². The van der Waals surface area contributed by atoms with Gasteiger partial charge in [0, 0.05) is 6.08 Å². The minimum Gasteiger partial charge on any atom is -0.493 e. The van der Waals surface area contributed by atoms with E-state index < -0.39 is 10.9 Å². The number of nitrogens with zero attached hydrogens (tertiary/aromatic N) is 1. The van der Waals surface area contributed by atoms with Crippen LogP contribution in [0.2, 0.25) is 0 Å². The third kappa shape index (κ3) is 7.97. The highest BCUT2D eigenvalue weighted by Gasteiger charge is 2.26. The van der Waals surface area contributed by atoms with Gasteiger partial charge in [-0.05, 0) is 62.7 Å². The Morgan fingerprint density at radius 2 is 1.78 bits per heavy atom. The van der Waals surface area contributed by atoms with Gasteiger partial charge in [-0.3, -0.25) is 10.1 Å². The van der Waals surface area contributed by atoms with Gasteiger partial charge in [0.15, 0.2) is 11.5 Å². The maximum atomic E-state index is 12.3. The highest BCUT2D eigenvalue weighted by Crippen LogP contribution is 2.40. The van der Waals surface area contributed by atoms with Crippen LogP contribution in [-0.4, -0.2) is 25.1 Å². The summed E-state index contributed by atoms with van der Waals surface area (Å²) < 4.78 is 15.5. The van der Waals surface area contributed by atoms with Gasteiger partial charge in [-0.25, -0.2) is 4.79 Å². The molecule has 7 nitrogen and oxygen atoms in total. The molecule has 0 N–H and O–H groups in total. The van der Waals surface area contributed by atoms with Crippen molar-refractivity contribution in [1.82, 2.24) is 0 Å². The van der Waals surface area contributed by atoms with E-state index in [1.54, 1.807) is 6.92 Å². The van der Waals surface area contributed by atoms with E-state index >= 15 is 0 Å². The number of hydrogen-bond donors (Lipinski definition) is 0. The van der Waals surface area contributed by atoms with E-state index in [0.29, 0.717) is 11.3 Å². The molecular weight excluding hydrogens is 458 g/mol. The maximum Gasteiger partial charge on any atom is 0.331 e. The minimum atomic E-state index is -0.594. The highest BCUT2D eigenvalue weighted by molar-refractivity contribution is 5.83. The fraction of sp³-hybridized carbons (Fsp3) is 0.414. The SMILES string of the molecule is COc1cc(COC(=O)C=C(C)C=CC=C(C)C=CC2=C(C)CCCC2(C)C)c([N+](=O)[O-])cc1OC. The van der Waals surface area contributed by atoms with E-state index in [1.807, 2.05) is 25.2 Å². The molecule has 0 amide bonds. The molecule has 0 aromatic heterocycles. The van der Waals surface area contributed by atoms with Crippen LogP contribution in [0.25, 0.3) is 0 Å². The monoisotopic (exact) mass is 495 g/mol. The second kappa shape index (κ2) is 12.9. The number of esters is 1. The van der Waals surface area contributed by atoms with Gasteiger partial charge in [0.25, 0.3) is 5.69 Å². The molecule has 0 saturated carbocycles. The lowest BCUT2D eigenvalue weighted by atomic mass is 9.72. The molecule has 36 heavy (non-hydrogen) atoms. The van der Waals surface area contributed by atoms with E-state index in [1.165, 1.54) is 56.4 Å². The standard InChI is InChI=1S/C29H37NO6/c1-20(13-14-24-22(3)12-9-15-29(24,4)5)10-8-11-21(2)16-28(31)36-19-23-17-26(34-6)27(35-7)18-25(23)30(32)33/h8,10-11,13-14,16-18H,9,12,15,19H2,1-7H3. The summed E-state index contributed by atoms with van der Waals surface area (Å²) in [7, 11) is 2.82. The zero-order valence-corrected chi connectivity index (χ0v) is 22.3. The van der Waals surface area contributed by atoms with Gasteiger partial charge in [0.1, 0.15) is 6.61 Å². The molecule has 0 spiro atoms. The molecule has 0 fully saturated rings. The van der Waals surface area contributed by atoms with E-state index in [0.717, 1.165) is 12.0 Å². The lowest BCUT2D eigenvalue weighted by Gasteiger charge is -2.32. The third-order valence-corrected chi connectivity index (χ3v) is 6.27. The van der Waals surface area contributed by atoms with Crippen molar-refractivity contribution >= 4 is 11.7 Å². The number of benzene rings is 1. The van der Waals surface area contributed by atoms with Crippen molar-refractivity contribution in [1.29, 1.82) is 0 Å². The van der Waals surface area contributed by atoms with E-state index in [-0.39, 0.29) is 29.0 Å². The summed E-state index contributed by atoms with van der Waals surface area (Å²) in [6.45, 7) is 10.4. The topological polar surface area (TPSA) is 87.9 Å². The molecule has 1 aliphatic rings. The Kier molecular flexibility index (Phi) is 10.3. The summed E-state index contributed by atoms with van der Waals surface area (Å²) in [5.74, 6) is -0.0463. The Hall–Kier alpha value is -3.61. The Morgan fingerprint density at radius 3 is 2.39 bits per heavy atom. The number of rotatable bonds is 10. The van der Waals surface area contributed by atoms with Crippen molar-refractivity contribution in [2.45, 2.75) is 60.5 Å². The van der Waals surface area contributed by atoms with Crippen LogP contribution in [0.1, 0.15) is 59.4 Å². The molecule has 0 aliphatic heterocycles. The lowest BCUT2D eigenvalue weighted by molar-refractivity contribution is -0.385. The van der Waals surface area contributed by atoms with Crippen LogP contribution in [0.15, 0.2) is 70.9 Å². The molecule has 0 unspecified atom stereocenters. The third-order valence-electron chi connectivity index (χ3n) is 6.27. The van der Waals surface area contributed by atoms with Crippen LogP contribution in [-0.2, 0) is 16.1 Å². The molecule has 1 aliphatic carbocycles. The van der Waals surface area contributed by atoms with E-state index in [2.05, 4.69) is 32.9 Å². The molecule has 1 aromatic carbocycles. The summed E-state index contributed by atoms with van der Waals surface area (Å²) in [6.07, 6.45) is 15.0. The van der Waals surface area contributed by atoms with Crippen molar-refractivity contribution < 1.29 is 23.9 Å². The van der Waals surface area contributed by atoms with Gasteiger partial charge in [-0.2, -0.15) is 0 Å². The van der Waals surface area contributed by atoms with Crippen molar-refractivity contribution in [3.05, 3.63) is 86.6 Å². The number of carbonyl (C=O) groups is 1. The van der Waals surface area contributed by atoms with Crippen molar-refractivity contribution in [3.63, 3.8) is 0 Å². The second-order valence-electron chi connectivity index (χ2n) is 9.62. The normalized spacial score (nSPS) is 16.5. The number of allylic oxidation sites excluding steroid dienone is 9. The summed E-state index contributed by atoms with van der Waals surface area (Å²) in [6, 6.07) is 2.69. The predicted octanol–water partition coefficient (Wildman–Crippen LogP) is 7.19. The molecule has 194 valence electrons. The molecule has 1 aromatic rings. The summed E-state index contributed by atoms with van der Waals surface area (Å²) >= 11 is 0. The number of nitro benzene ring substituents is 1. The Bertz CT molecular complexity index is 1130. The first kappa shape index (κ1) is 28.6. The Morgan fingerprint density at radius 1 is 1.11 bits per heavy atom. The van der Waals surface area contributed by atoms with E-state index in [9.17, 15) is 14.9 Å². The molecule has 0 radical (unpaired) electrons. The Balaban J connectivity index is 2.02. The van der Waals surface area contributed by atoms with Gasteiger partial charge in [-0.1, -0.05) is 55.4 Å². The first-order valence-corrected chi connectivity index (χ1v) is 12.0. The molecule has 0 heterocycles. The quantitative estimate of drug-likeness (QED) is 0.112. The van der Waals surface area contributed by atoms with Gasteiger partial charge in [0.05, 0.1) is 30.8 Å². The highest BCUT2D eigenvalue weighted by atomic mass is 16.6. The number of nitro groups is 1. The van der Waals surface area contributed by atoms with Gasteiger partial charge < -0.3 is 14.2 Å². The van der Waals surface area contributed by atoms with Crippen LogP contribution in [0.4, 0.5) is 5.69 Å². The van der Waals surface area contributed by atoms with E-state index in [4.69, 9.17) is 14.2 Å². The molecule has 7 heteroatoms. The molecular formula is C29H37NO6. The fourth-order valence-corrected chi connectivity index (χ4v) is 4.25. The van der Waals surface area contributed by atoms with Gasteiger partial charge in [0.2, 0.25) is 0 Å². The lowest BCUT2D eigenvalue weighted by Crippen LogP contribution is -2.19. The summed E-state index contributed by atoms with van der Waals surface area (Å²) in [5, 5.41) is 11.4.